The summed E-state index contributed by atoms with van der Waals surface area (Å²) in [6, 6.07) is 19.0. The molecule has 0 aliphatic heterocycles. The third kappa shape index (κ3) is 5.40. The normalized spacial score (nSPS) is 12.4. The molecule has 0 aliphatic carbocycles. The first-order chi connectivity index (χ1) is 21.9. The van der Waals surface area contributed by atoms with Crippen LogP contribution in [0.15, 0.2) is 94.4 Å². The number of halogens is 2. The van der Waals surface area contributed by atoms with Crippen molar-refractivity contribution >= 4 is 43.5 Å². The highest BCUT2D eigenvalue weighted by atomic mass is 32.2. The molecule has 0 saturated heterocycles. The van der Waals surface area contributed by atoms with Gasteiger partial charge in [0, 0.05) is 36.7 Å². The van der Waals surface area contributed by atoms with Gasteiger partial charge in [-0.15, -0.1) is 0 Å². The van der Waals surface area contributed by atoms with Gasteiger partial charge in [-0.1, -0.05) is 18.2 Å². The molecule has 9 nitrogen and oxygen atoms in total. The zero-order valence-electron chi connectivity index (χ0n) is 25.2. The fraction of sp³-hybridized carbons (Fsp3) is 0.147. The molecule has 6 rings (SSSR count). The summed E-state index contributed by atoms with van der Waals surface area (Å²) in [5.41, 5.74) is 2.76. The number of carbonyl (C=O) groups excluding carboxylic acids is 1. The van der Waals surface area contributed by atoms with Crippen molar-refractivity contribution in [2.24, 2.45) is 0 Å². The number of hydrogen-bond donors (Lipinski definition) is 1. The number of hydrogen-bond acceptors (Lipinski definition) is 6. The predicted molar refractivity (Wildman–Crippen MR) is 173 cm³/mol. The highest BCUT2D eigenvalue weighted by molar-refractivity contribution is 7.92. The molecule has 4 aromatic carbocycles. The molecule has 234 valence electrons. The van der Waals surface area contributed by atoms with E-state index in [1.54, 1.807) is 43.3 Å². The Morgan fingerprint density at radius 3 is 2.20 bits per heavy atom. The molecule has 1 amide bonds. The monoisotopic (exact) mass is 642 g/mol. The number of nitrogens with zero attached hydrogens (tertiary/aromatic N) is 3. The molecule has 6 aromatic rings. The summed E-state index contributed by atoms with van der Waals surface area (Å²) in [4.78, 5) is 31.5. The van der Waals surface area contributed by atoms with E-state index in [1.807, 2.05) is 0 Å². The first-order valence-corrected chi connectivity index (χ1v) is 16.0. The van der Waals surface area contributed by atoms with Crippen LogP contribution in [0.25, 0.3) is 44.3 Å². The predicted octanol–water partition coefficient (Wildman–Crippen LogP) is 6.12. The maximum atomic E-state index is 13.8. The van der Waals surface area contributed by atoms with E-state index >= 15 is 0 Å². The molecule has 1 atom stereocenters. The van der Waals surface area contributed by atoms with E-state index < -0.39 is 33.6 Å². The molecule has 2 heterocycles. The fourth-order valence-electron chi connectivity index (χ4n) is 5.44. The number of sulfonamides is 1. The number of fused-ring (bicyclic) bond motifs is 2. The van der Waals surface area contributed by atoms with Gasteiger partial charge in [0.15, 0.2) is 0 Å². The Bertz CT molecular complexity index is 2320. The van der Waals surface area contributed by atoms with Crippen LogP contribution in [0.1, 0.15) is 28.9 Å². The molecule has 0 bridgehead atoms. The van der Waals surface area contributed by atoms with Crippen molar-refractivity contribution in [3.05, 3.63) is 118 Å². The van der Waals surface area contributed by atoms with Crippen LogP contribution in [0.3, 0.4) is 0 Å². The summed E-state index contributed by atoms with van der Waals surface area (Å²) in [5.74, 6) is -1.13. The van der Waals surface area contributed by atoms with Crippen molar-refractivity contribution in [1.29, 1.82) is 0 Å². The van der Waals surface area contributed by atoms with Crippen molar-refractivity contribution < 1.29 is 26.4 Å². The quantitative estimate of drug-likeness (QED) is 0.225. The van der Waals surface area contributed by atoms with Gasteiger partial charge in [0.1, 0.15) is 23.0 Å². The lowest BCUT2D eigenvalue weighted by atomic mass is 9.97. The van der Waals surface area contributed by atoms with Crippen molar-refractivity contribution in [3.8, 4) is 22.5 Å². The molecule has 0 aliphatic rings. The van der Waals surface area contributed by atoms with Gasteiger partial charge in [0.2, 0.25) is 10.0 Å². The summed E-state index contributed by atoms with van der Waals surface area (Å²) in [6.07, 6.45) is 2.49. The molecule has 12 heteroatoms. The van der Waals surface area contributed by atoms with Crippen molar-refractivity contribution in [1.82, 2.24) is 14.9 Å². The Morgan fingerprint density at radius 1 is 0.935 bits per heavy atom. The first-order valence-electron chi connectivity index (χ1n) is 14.2. The lowest BCUT2D eigenvalue weighted by Crippen LogP contribution is -2.25. The summed E-state index contributed by atoms with van der Waals surface area (Å²) >= 11 is 0. The van der Waals surface area contributed by atoms with E-state index in [-0.39, 0.29) is 33.5 Å². The van der Waals surface area contributed by atoms with Crippen molar-refractivity contribution in [3.63, 3.8) is 0 Å². The number of amides is 1. The number of nitrogens with one attached hydrogen (secondary N) is 1. The van der Waals surface area contributed by atoms with Gasteiger partial charge in [0.05, 0.1) is 40.8 Å². The van der Waals surface area contributed by atoms with Gasteiger partial charge in [-0.2, -0.15) is 0 Å². The lowest BCUT2D eigenvalue weighted by Gasteiger charge is -2.21. The summed E-state index contributed by atoms with van der Waals surface area (Å²) < 4.78 is 61.5. The van der Waals surface area contributed by atoms with Crippen LogP contribution in [0.5, 0.6) is 0 Å². The highest BCUT2D eigenvalue weighted by Crippen LogP contribution is 2.41. The van der Waals surface area contributed by atoms with E-state index in [4.69, 9.17) is 4.42 Å². The van der Waals surface area contributed by atoms with Gasteiger partial charge in [-0.25, -0.2) is 22.2 Å². The molecule has 2 aromatic heterocycles. The number of carbonyl (C=O) groups is 1. The van der Waals surface area contributed by atoms with Crippen molar-refractivity contribution in [2.45, 2.75) is 13.0 Å². The van der Waals surface area contributed by atoms with Crippen LogP contribution in [0.2, 0.25) is 0 Å². The maximum Gasteiger partial charge on any atom is 0.261 e. The fourth-order valence-corrected chi connectivity index (χ4v) is 5.95. The van der Waals surface area contributed by atoms with Crippen LogP contribution >= 0.6 is 0 Å². The number of furan rings is 1. The topological polar surface area (TPSA) is 115 Å². The zero-order valence-corrected chi connectivity index (χ0v) is 26.0. The summed E-state index contributed by atoms with van der Waals surface area (Å²) in [6.45, 7) is 1.80. The van der Waals surface area contributed by atoms with E-state index in [1.165, 1.54) is 67.5 Å². The minimum absolute atomic E-state index is 0.178. The molecule has 1 unspecified atom stereocenters. The second-order valence-electron chi connectivity index (χ2n) is 10.9. The Labute approximate surface area is 262 Å². The molecule has 46 heavy (non-hydrogen) atoms. The smallest absolute Gasteiger partial charge is 0.261 e. The minimum Gasteiger partial charge on any atom is -0.455 e. The van der Waals surface area contributed by atoms with E-state index in [9.17, 15) is 26.8 Å². The third-order valence-electron chi connectivity index (χ3n) is 8.07. The average Bonchev–Trinajstić information content (AvgIpc) is 3.42. The van der Waals surface area contributed by atoms with Gasteiger partial charge in [-0.3, -0.25) is 18.5 Å². The van der Waals surface area contributed by atoms with Crippen LogP contribution in [-0.2, 0) is 10.0 Å². The molecule has 0 spiro atoms. The van der Waals surface area contributed by atoms with Crippen LogP contribution < -0.4 is 15.2 Å². The number of anilines is 1. The Hall–Kier alpha value is -5.36. The van der Waals surface area contributed by atoms with Crippen LogP contribution in [-0.4, -0.2) is 44.2 Å². The lowest BCUT2D eigenvalue weighted by molar-refractivity contribution is 0.0964. The summed E-state index contributed by atoms with van der Waals surface area (Å²) in [7, 11) is -0.912. The molecular formula is C34H28F2N4O5S. The molecule has 1 N–H and O–H groups in total. The molecule has 0 saturated carbocycles. The number of benzene rings is 4. The number of aromatic nitrogens is 2. The minimum atomic E-state index is -3.77. The molecule has 0 fully saturated rings. The van der Waals surface area contributed by atoms with E-state index in [0.717, 1.165) is 10.6 Å². The van der Waals surface area contributed by atoms with Gasteiger partial charge < -0.3 is 9.73 Å². The molecule has 0 radical (unpaired) electrons. The summed E-state index contributed by atoms with van der Waals surface area (Å²) in [5, 5.41) is 3.27. The average molecular weight is 643 g/mol. The second kappa shape index (κ2) is 11.5. The van der Waals surface area contributed by atoms with Crippen LogP contribution in [0, 0.1) is 11.6 Å². The van der Waals surface area contributed by atoms with Gasteiger partial charge >= 0.3 is 0 Å². The maximum absolute atomic E-state index is 13.8. The third-order valence-corrected chi connectivity index (χ3v) is 9.26. The zero-order chi connectivity index (χ0) is 32.9. The Morgan fingerprint density at radius 2 is 1.57 bits per heavy atom. The largest absolute Gasteiger partial charge is 0.455 e. The standard InChI is InChI=1S/C34H28F2N4O5S/c1-19(20-5-10-23(35)11-6-20)40-18-38-28-14-9-22(15-26(28)34(40)42)25-16-27-30(17-29(25)39(3)46(4,43)44)45-32(31(27)33(41)37-2)21-7-12-24(36)13-8-21/h5-19H,1-4H3,(H,37,41). The van der Waals surface area contributed by atoms with Gasteiger partial charge in [0.25, 0.3) is 11.5 Å². The van der Waals surface area contributed by atoms with Crippen LogP contribution in [0.4, 0.5) is 14.5 Å². The van der Waals surface area contributed by atoms with Gasteiger partial charge in [-0.05, 0) is 72.6 Å². The Kier molecular flexibility index (Phi) is 7.69. The first kappa shape index (κ1) is 30.7. The Balaban J connectivity index is 1.60. The van der Waals surface area contributed by atoms with E-state index in [2.05, 4.69) is 10.3 Å². The number of rotatable bonds is 7. The van der Waals surface area contributed by atoms with E-state index in [0.29, 0.717) is 33.2 Å². The SMILES string of the molecule is CNC(=O)c1c(-c2ccc(F)cc2)oc2cc(N(C)S(C)(=O)=O)c(-c3ccc4ncn(C(C)c5ccc(F)cc5)c(=O)c4c3)cc12. The second-order valence-corrected chi connectivity index (χ2v) is 12.9. The highest BCUT2D eigenvalue weighted by Gasteiger charge is 2.26. The van der Waals surface area contributed by atoms with Crippen molar-refractivity contribution in [2.75, 3.05) is 24.7 Å². The molecular weight excluding hydrogens is 614 g/mol.